The van der Waals surface area contributed by atoms with E-state index in [-0.39, 0.29) is 11.6 Å². The summed E-state index contributed by atoms with van der Waals surface area (Å²) in [6.07, 6.45) is 6.08. The van der Waals surface area contributed by atoms with Crippen LogP contribution in [0.15, 0.2) is 30.3 Å². The maximum atomic E-state index is 11.3. The fraction of sp³-hybridized carbons (Fsp3) is 0.200. The van der Waals surface area contributed by atoms with Gasteiger partial charge in [0.05, 0.1) is 11.6 Å². The number of aromatic carboxylic acids is 1. The zero-order chi connectivity index (χ0) is 13.8. The lowest BCUT2D eigenvalue weighted by atomic mass is 10.1. The number of nitrogens with one attached hydrogen (secondary N) is 1. The zero-order valence-corrected chi connectivity index (χ0v) is 10.6. The molecule has 0 fully saturated rings. The van der Waals surface area contributed by atoms with Crippen LogP contribution in [0.2, 0.25) is 0 Å². The van der Waals surface area contributed by atoms with Crippen LogP contribution < -0.4 is 5.32 Å². The lowest BCUT2D eigenvalue weighted by Gasteiger charge is -2.14. The summed E-state index contributed by atoms with van der Waals surface area (Å²) in [6, 6.07) is 8.75. The van der Waals surface area contributed by atoms with Crippen molar-refractivity contribution in [3.05, 3.63) is 35.9 Å². The first-order chi connectivity index (χ1) is 9.15. The Kier molecular flexibility index (Phi) is 3.67. The molecule has 1 aromatic carbocycles. The van der Waals surface area contributed by atoms with Crippen LogP contribution in [0.5, 0.6) is 0 Å². The van der Waals surface area contributed by atoms with Gasteiger partial charge in [0.15, 0.2) is 0 Å². The van der Waals surface area contributed by atoms with Gasteiger partial charge in [0, 0.05) is 5.39 Å². The number of aromatic nitrogens is 1. The van der Waals surface area contributed by atoms with E-state index in [0.29, 0.717) is 12.2 Å². The fourth-order valence-corrected chi connectivity index (χ4v) is 1.82. The molecule has 0 saturated heterocycles. The molecule has 0 aliphatic rings. The number of para-hydroxylation sites is 1. The van der Waals surface area contributed by atoms with Crippen LogP contribution in [0.4, 0.5) is 5.82 Å². The molecule has 1 unspecified atom stereocenters. The Hall–Kier alpha value is -2.54. The average molecular weight is 254 g/mol. The normalized spacial score (nSPS) is 11.8. The third-order valence-corrected chi connectivity index (χ3v) is 2.87. The van der Waals surface area contributed by atoms with E-state index in [9.17, 15) is 9.90 Å². The minimum atomic E-state index is -1.02. The van der Waals surface area contributed by atoms with Crippen LogP contribution in [0, 0.1) is 12.3 Å². The van der Waals surface area contributed by atoms with E-state index in [0.717, 1.165) is 10.9 Å². The average Bonchev–Trinajstić information content (AvgIpc) is 2.43. The molecule has 2 aromatic rings. The molecule has 1 heterocycles. The number of terminal acetylenes is 1. The monoisotopic (exact) mass is 254 g/mol. The topological polar surface area (TPSA) is 62.2 Å². The quantitative estimate of drug-likeness (QED) is 0.823. The molecule has 0 saturated carbocycles. The van der Waals surface area contributed by atoms with Crippen molar-refractivity contribution in [3.63, 3.8) is 0 Å². The van der Waals surface area contributed by atoms with E-state index in [2.05, 4.69) is 16.2 Å². The molecule has 4 heteroatoms. The Morgan fingerprint density at radius 3 is 2.89 bits per heavy atom. The fourth-order valence-electron chi connectivity index (χ4n) is 1.82. The molecule has 1 atom stereocenters. The molecule has 2 rings (SSSR count). The Balaban J connectivity index is 2.54. The number of carboxylic acids is 1. The van der Waals surface area contributed by atoms with Crippen LogP contribution >= 0.6 is 0 Å². The van der Waals surface area contributed by atoms with Crippen LogP contribution in [-0.4, -0.2) is 22.1 Å². The number of carboxylic acid groups (broad SMARTS) is 1. The predicted octanol–water partition coefficient (Wildman–Crippen LogP) is 2.76. The number of nitrogens with zero attached hydrogens (tertiary/aromatic N) is 1. The van der Waals surface area contributed by atoms with Gasteiger partial charge in [-0.15, -0.1) is 6.42 Å². The van der Waals surface area contributed by atoms with Crippen molar-refractivity contribution in [2.24, 2.45) is 0 Å². The number of anilines is 1. The number of carbonyl (C=O) groups is 1. The van der Waals surface area contributed by atoms with Gasteiger partial charge in [0.25, 0.3) is 0 Å². The van der Waals surface area contributed by atoms with E-state index >= 15 is 0 Å². The van der Waals surface area contributed by atoms with E-state index in [1.807, 2.05) is 31.2 Å². The minimum Gasteiger partial charge on any atom is -0.478 e. The Morgan fingerprint density at radius 2 is 2.26 bits per heavy atom. The number of benzene rings is 1. The van der Waals surface area contributed by atoms with Gasteiger partial charge in [0.1, 0.15) is 11.4 Å². The van der Waals surface area contributed by atoms with Crippen molar-refractivity contribution < 1.29 is 9.90 Å². The number of hydrogen-bond acceptors (Lipinski definition) is 3. The molecule has 0 aliphatic heterocycles. The highest BCUT2D eigenvalue weighted by atomic mass is 16.4. The molecular weight excluding hydrogens is 240 g/mol. The maximum Gasteiger partial charge on any atom is 0.339 e. The van der Waals surface area contributed by atoms with Gasteiger partial charge in [-0.1, -0.05) is 31.0 Å². The smallest absolute Gasteiger partial charge is 0.339 e. The molecule has 0 aliphatic carbocycles. The highest BCUT2D eigenvalue weighted by Crippen LogP contribution is 2.21. The number of fused-ring (bicyclic) bond motifs is 1. The first kappa shape index (κ1) is 12.9. The van der Waals surface area contributed by atoms with Crippen LogP contribution in [-0.2, 0) is 0 Å². The number of rotatable bonds is 4. The SMILES string of the molecule is C#CC(CC)Nc1nc2ccccc2cc1C(=O)O. The van der Waals surface area contributed by atoms with E-state index in [4.69, 9.17) is 6.42 Å². The minimum absolute atomic E-state index is 0.132. The van der Waals surface area contributed by atoms with Crippen molar-refractivity contribution in [1.82, 2.24) is 4.98 Å². The third kappa shape index (κ3) is 2.66. The Labute approximate surface area is 111 Å². The third-order valence-electron chi connectivity index (χ3n) is 2.87. The molecule has 0 radical (unpaired) electrons. The van der Waals surface area contributed by atoms with Gasteiger partial charge in [-0.05, 0) is 18.6 Å². The Bertz CT molecular complexity index is 659. The van der Waals surface area contributed by atoms with Crippen molar-refractivity contribution in [2.45, 2.75) is 19.4 Å². The highest BCUT2D eigenvalue weighted by Gasteiger charge is 2.15. The summed E-state index contributed by atoms with van der Waals surface area (Å²) in [5.74, 6) is 1.87. The molecule has 0 spiro atoms. The Morgan fingerprint density at radius 1 is 1.53 bits per heavy atom. The molecule has 0 amide bonds. The van der Waals surface area contributed by atoms with Crippen molar-refractivity contribution in [3.8, 4) is 12.3 Å². The summed E-state index contributed by atoms with van der Waals surface area (Å²) in [7, 11) is 0. The second-order valence-electron chi connectivity index (χ2n) is 4.15. The van der Waals surface area contributed by atoms with E-state index in [1.165, 1.54) is 0 Å². The summed E-state index contributed by atoms with van der Waals surface area (Å²) >= 11 is 0. The first-order valence-corrected chi connectivity index (χ1v) is 6.01. The second kappa shape index (κ2) is 5.40. The van der Waals surface area contributed by atoms with Crippen molar-refractivity contribution in [2.75, 3.05) is 5.32 Å². The molecule has 1 aromatic heterocycles. The number of pyridine rings is 1. The van der Waals surface area contributed by atoms with E-state index < -0.39 is 5.97 Å². The standard InChI is InChI=1S/C15H14N2O2/c1-3-11(4-2)16-14-12(15(18)19)9-10-7-5-6-8-13(10)17-14/h1,5-9,11H,4H2,2H3,(H,16,17)(H,18,19). The van der Waals surface area contributed by atoms with Gasteiger partial charge in [-0.25, -0.2) is 9.78 Å². The van der Waals surface area contributed by atoms with Gasteiger partial charge in [-0.2, -0.15) is 0 Å². The summed E-state index contributed by atoms with van der Waals surface area (Å²) in [5.41, 5.74) is 0.870. The molecule has 4 nitrogen and oxygen atoms in total. The molecule has 0 bridgehead atoms. The summed E-state index contributed by atoms with van der Waals surface area (Å²) in [6.45, 7) is 1.93. The highest BCUT2D eigenvalue weighted by molar-refractivity contribution is 5.98. The number of hydrogen-bond donors (Lipinski definition) is 2. The second-order valence-corrected chi connectivity index (χ2v) is 4.15. The van der Waals surface area contributed by atoms with Gasteiger partial charge < -0.3 is 10.4 Å². The van der Waals surface area contributed by atoms with Gasteiger partial charge in [-0.3, -0.25) is 0 Å². The maximum absolute atomic E-state index is 11.3. The zero-order valence-electron chi connectivity index (χ0n) is 10.6. The summed E-state index contributed by atoms with van der Waals surface area (Å²) in [4.78, 5) is 15.6. The summed E-state index contributed by atoms with van der Waals surface area (Å²) < 4.78 is 0. The molecule has 19 heavy (non-hydrogen) atoms. The van der Waals surface area contributed by atoms with E-state index in [1.54, 1.807) is 6.07 Å². The van der Waals surface area contributed by atoms with Gasteiger partial charge in [0.2, 0.25) is 0 Å². The first-order valence-electron chi connectivity index (χ1n) is 6.01. The van der Waals surface area contributed by atoms with Crippen LogP contribution in [0.3, 0.4) is 0 Å². The molecule has 96 valence electrons. The molecule has 2 N–H and O–H groups in total. The van der Waals surface area contributed by atoms with Crippen LogP contribution in [0.25, 0.3) is 10.9 Å². The van der Waals surface area contributed by atoms with Crippen molar-refractivity contribution in [1.29, 1.82) is 0 Å². The lowest BCUT2D eigenvalue weighted by molar-refractivity contribution is 0.0697. The lowest BCUT2D eigenvalue weighted by Crippen LogP contribution is -2.19. The largest absolute Gasteiger partial charge is 0.478 e. The van der Waals surface area contributed by atoms with Crippen LogP contribution in [0.1, 0.15) is 23.7 Å². The summed E-state index contributed by atoms with van der Waals surface area (Å²) in [5, 5.41) is 13.0. The van der Waals surface area contributed by atoms with Crippen molar-refractivity contribution >= 4 is 22.7 Å². The molecular formula is C15H14N2O2. The predicted molar refractivity (Wildman–Crippen MR) is 75.2 cm³/mol. The van der Waals surface area contributed by atoms with Gasteiger partial charge >= 0.3 is 5.97 Å².